The van der Waals surface area contributed by atoms with E-state index in [-0.39, 0.29) is 24.0 Å². The van der Waals surface area contributed by atoms with Crippen LogP contribution >= 0.6 is 0 Å². The molecule has 9 heteroatoms. The van der Waals surface area contributed by atoms with Crippen molar-refractivity contribution in [2.75, 3.05) is 19.8 Å². The molecule has 0 aromatic heterocycles. The Kier molecular flexibility index (Phi) is 5.86. The van der Waals surface area contributed by atoms with Crippen LogP contribution < -0.4 is 0 Å². The van der Waals surface area contributed by atoms with Crippen molar-refractivity contribution in [1.82, 2.24) is 14.7 Å². The molecule has 2 fully saturated rings. The molecule has 0 N–H and O–H groups in total. The Labute approximate surface area is 179 Å². The van der Waals surface area contributed by atoms with E-state index in [0.29, 0.717) is 0 Å². The van der Waals surface area contributed by atoms with Crippen molar-refractivity contribution in [3.8, 4) is 0 Å². The summed E-state index contributed by atoms with van der Waals surface area (Å²) in [5.41, 5.74) is 0.482. The molecule has 0 spiro atoms. The van der Waals surface area contributed by atoms with E-state index in [1.54, 1.807) is 19.1 Å². The minimum Gasteiger partial charge on any atom is -0.443 e. The van der Waals surface area contributed by atoms with Crippen LogP contribution in [0.3, 0.4) is 0 Å². The minimum atomic E-state index is -1.09. The maximum absolute atomic E-state index is 13.0. The van der Waals surface area contributed by atoms with Crippen LogP contribution in [0, 0.1) is 0 Å². The number of nitrogens with zero attached hydrogens (tertiary/aromatic N) is 3. The van der Waals surface area contributed by atoms with Crippen molar-refractivity contribution >= 4 is 29.6 Å². The Hall–Kier alpha value is -3.07. The summed E-state index contributed by atoms with van der Waals surface area (Å²) in [5.74, 6) is -2.81. The van der Waals surface area contributed by atoms with Crippen molar-refractivity contribution < 1.29 is 28.7 Å². The number of imide groups is 2. The molecule has 0 saturated carbocycles. The first-order valence-corrected chi connectivity index (χ1v) is 10.6. The third kappa shape index (κ3) is 3.85. The monoisotopic (exact) mass is 427 g/mol. The Morgan fingerprint density at radius 3 is 2.26 bits per heavy atom. The van der Waals surface area contributed by atoms with Crippen LogP contribution in [-0.2, 0) is 19.1 Å². The lowest BCUT2D eigenvalue weighted by atomic mass is 10.0. The lowest BCUT2D eigenvalue weighted by Gasteiger charge is -2.35. The van der Waals surface area contributed by atoms with E-state index in [4.69, 9.17) is 4.74 Å². The Bertz CT molecular complexity index is 904. The smallest absolute Gasteiger partial charge is 0.324 e. The Balaban J connectivity index is 1.43. The topological polar surface area (TPSA) is 104 Å². The van der Waals surface area contributed by atoms with E-state index in [2.05, 4.69) is 0 Å². The molecule has 0 bridgehead atoms. The molecule has 2 saturated heterocycles. The number of hydrogen-bond donors (Lipinski definition) is 0. The van der Waals surface area contributed by atoms with Crippen molar-refractivity contribution in [3.05, 3.63) is 35.4 Å². The number of piperidine rings is 2. The maximum atomic E-state index is 13.0. The maximum Gasteiger partial charge on any atom is 0.324 e. The SMILES string of the molecule is CC(C(=O)OCN1C(=O)CC[C@H](N2C(=O)c3ccccc3C2=O)C1=O)N1CCCCC1. The van der Waals surface area contributed by atoms with E-state index < -0.39 is 48.4 Å². The number of esters is 1. The highest BCUT2D eigenvalue weighted by molar-refractivity contribution is 6.23. The number of benzene rings is 1. The summed E-state index contributed by atoms with van der Waals surface area (Å²) in [6.45, 7) is 2.84. The van der Waals surface area contributed by atoms with Gasteiger partial charge < -0.3 is 4.74 Å². The van der Waals surface area contributed by atoms with Gasteiger partial charge in [0.1, 0.15) is 12.1 Å². The summed E-state index contributed by atoms with van der Waals surface area (Å²) < 4.78 is 5.28. The van der Waals surface area contributed by atoms with E-state index >= 15 is 0 Å². The van der Waals surface area contributed by atoms with Crippen molar-refractivity contribution in [1.29, 1.82) is 0 Å². The van der Waals surface area contributed by atoms with E-state index in [1.807, 2.05) is 4.90 Å². The van der Waals surface area contributed by atoms with E-state index in [9.17, 15) is 24.0 Å². The molecule has 3 aliphatic rings. The van der Waals surface area contributed by atoms with Gasteiger partial charge in [-0.05, 0) is 51.4 Å². The second-order valence-electron chi connectivity index (χ2n) is 8.11. The largest absolute Gasteiger partial charge is 0.443 e. The van der Waals surface area contributed by atoms with Gasteiger partial charge in [0.2, 0.25) is 5.91 Å². The zero-order chi connectivity index (χ0) is 22.1. The number of carbonyl (C=O) groups excluding carboxylic acids is 5. The van der Waals surface area contributed by atoms with Gasteiger partial charge in [0.25, 0.3) is 17.7 Å². The second-order valence-corrected chi connectivity index (χ2v) is 8.11. The molecule has 31 heavy (non-hydrogen) atoms. The summed E-state index contributed by atoms with van der Waals surface area (Å²) in [6.07, 6.45) is 3.19. The van der Waals surface area contributed by atoms with Crippen LogP contribution in [0.5, 0.6) is 0 Å². The quantitative estimate of drug-likeness (QED) is 0.513. The molecule has 164 valence electrons. The minimum absolute atomic E-state index is 0.0248. The van der Waals surface area contributed by atoms with Gasteiger partial charge in [-0.2, -0.15) is 0 Å². The molecule has 0 radical (unpaired) electrons. The van der Waals surface area contributed by atoms with Gasteiger partial charge in [-0.3, -0.25) is 33.8 Å². The van der Waals surface area contributed by atoms with Gasteiger partial charge in [0, 0.05) is 6.42 Å². The fourth-order valence-corrected chi connectivity index (χ4v) is 4.39. The number of likely N-dealkylation sites (tertiary alicyclic amines) is 2. The number of amides is 4. The van der Waals surface area contributed by atoms with Gasteiger partial charge in [0.05, 0.1) is 11.1 Å². The first kappa shape index (κ1) is 21.2. The van der Waals surface area contributed by atoms with Crippen LogP contribution in [0.2, 0.25) is 0 Å². The number of rotatable bonds is 5. The second kappa shape index (κ2) is 8.58. The van der Waals surface area contributed by atoms with Crippen LogP contribution in [-0.4, -0.2) is 76.2 Å². The highest BCUT2D eigenvalue weighted by atomic mass is 16.5. The van der Waals surface area contributed by atoms with Crippen LogP contribution in [0.1, 0.15) is 59.7 Å². The summed E-state index contributed by atoms with van der Waals surface area (Å²) in [4.78, 5) is 67.0. The Morgan fingerprint density at radius 2 is 1.65 bits per heavy atom. The summed E-state index contributed by atoms with van der Waals surface area (Å²) in [7, 11) is 0. The molecule has 0 aliphatic carbocycles. The zero-order valence-electron chi connectivity index (χ0n) is 17.4. The van der Waals surface area contributed by atoms with Gasteiger partial charge in [0.15, 0.2) is 6.73 Å². The highest BCUT2D eigenvalue weighted by Crippen LogP contribution is 2.29. The summed E-state index contributed by atoms with van der Waals surface area (Å²) >= 11 is 0. The fraction of sp³-hybridized carbons (Fsp3) is 0.500. The average Bonchev–Trinajstić information content (AvgIpc) is 3.04. The fourth-order valence-electron chi connectivity index (χ4n) is 4.39. The number of carbonyl (C=O) groups is 5. The van der Waals surface area contributed by atoms with Gasteiger partial charge >= 0.3 is 5.97 Å². The third-order valence-electron chi connectivity index (χ3n) is 6.24. The molecule has 9 nitrogen and oxygen atoms in total. The first-order valence-electron chi connectivity index (χ1n) is 10.6. The van der Waals surface area contributed by atoms with Crippen LogP contribution in [0.4, 0.5) is 0 Å². The lowest BCUT2D eigenvalue weighted by molar-refractivity contribution is -0.166. The number of fused-ring (bicyclic) bond motifs is 1. The third-order valence-corrected chi connectivity index (χ3v) is 6.24. The molecule has 1 aromatic rings. The molecular weight excluding hydrogens is 402 g/mol. The lowest BCUT2D eigenvalue weighted by Crippen LogP contribution is -2.57. The normalized spacial score (nSPS) is 23.2. The number of hydrogen-bond acceptors (Lipinski definition) is 7. The molecule has 3 heterocycles. The Morgan fingerprint density at radius 1 is 1.03 bits per heavy atom. The summed E-state index contributed by atoms with van der Waals surface area (Å²) in [6, 6.07) is 4.81. The predicted octanol–water partition coefficient (Wildman–Crippen LogP) is 1.18. The van der Waals surface area contributed by atoms with E-state index in [1.165, 1.54) is 12.1 Å². The van der Waals surface area contributed by atoms with Gasteiger partial charge in [-0.15, -0.1) is 0 Å². The van der Waals surface area contributed by atoms with Crippen LogP contribution in [0.15, 0.2) is 24.3 Å². The molecule has 4 amide bonds. The standard InChI is InChI=1S/C22H25N3O6/c1-14(23-11-5-2-6-12-23)22(30)31-13-24-18(26)10-9-17(21(24)29)25-19(27)15-7-3-4-8-16(15)20(25)28/h3-4,7-8,14,17H,2,5-6,9-13H2,1H3/t14?,17-/m0/s1. The summed E-state index contributed by atoms with van der Waals surface area (Å²) in [5, 5.41) is 0. The molecule has 4 rings (SSSR count). The van der Waals surface area contributed by atoms with Crippen molar-refractivity contribution in [2.24, 2.45) is 0 Å². The van der Waals surface area contributed by atoms with Gasteiger partial charge in [-0.1, -0.05) is 18.6 Å². The van der Waals surface area contributed by atoms with Gasteiger partial charge in [-0.25, -0.2) is 4.90 Å². The molecule has 1 aromatic carbocycles. The van der Waals surface area contributed by atoms with Crippen molar-refractivity contribution in [3.63, 3.8) is 0 Å². The predicted molar refractivity (Wildman–Crippen MR) is 108 cm³/mol. The molecule has 3 aliphatic heterocycles. The first-order chi connectivity index (χ1) is 14.9. The molecular formula is C22H25N3O6. The van der Waals surface area contributed by atoms with Crippen molar-refractivity contribution in [2.45, 2.75) is 51.1 Å². The van der Waals surface area contributed by atoms with Crippen LogP contribution in [0.25, 0.3) is 0 Å². The molecule has 2 atom stereocenters. The zero-order valence-corrected chi connectivity index (χ0v) is 17.4. The highest BCUT2D eigenvalue weighted by Gasteiger charge is 2.47. The molecule has 1 unspecified atom stereocenters. The van der Waals surface area contributed by atoms with E-state index in [0.717, 1.165) is 42.2 Å². The number of ether oxygens (including phenoxy) is 1. The average molecular weight is 427 g/mol.